The fourth-order valence-corrected chi connectivity index (χ4v) is 2.19. The second kappa shape index (κ2) is 4.68. The summed E-state index contributed by atoms with van der Waals surface area (Å²) in [6.07, 6.45) is 5.20. The van der Waals surface area contributed by atoms with Crippen molar-refractivity contribution >= 4 is 0 Å². The van der Waals surface area contributed by atoms with Gasteiger partial charge in [-0.05, 0) is 12.1 Å². The minimum Gasteiger partial charge on any atom is -0.378 e. The van der Waals surface area contributed by atoms with Crippen LogP contribution < -0.4 is 0 Å². The zero-order valence-corrected chi connectivity index (χ0v) is 10.1. The number of pyridine rings is 1. The first-order valence-corrected chi connectivity index (χ1v) is 6.10. The molecule has 1 N–H and O–H groups in total. The van der Waals surface area contributed by atoms with Gasteiger partial charge in [0.25, 0.3) is 0 Å². The van der Waals surface area contributed by atoms with E-state index < -0.39 is 5.79 Å². The van der Waals surface area contributed by atoms with Gasteiger partial charge in [0.15, 0.2) is 0 Å². The number of rotatable bonds is 2. The smallest absolute Gasteiger partial charge is 0.232 e. The van der Waals surface area contributed by atoms with E-state index in [0.29, 0.717) is 12.3 Å². The molecule has 1 atom stereocenters. The molecule has 1 aromatic heterocycles. The van der Waals surface area contributed by atoms with E-state index in [1.165, 1.54) is 0 Å². The van der Waals surface area contributed by atoms with Crippen molar-refractivity contribution < 1.29 is 14.6 Å². The van der Waals surface area contributed by atoms with Gasteiger partial charge in [-0.25, -0.2) is 0 Å². The predicted octanol–water partition coefficient (Wildman–Crippen LogP) is 0.603. The first-order chi connectivity index (χ1) is 8.78. The number of ether oxygens (including phenoxy) is 2. The Kier molecular flexibility index (Phi) is 3.03. The standard InChI is InChI=1S/C13H16N2O3/c16-13(3-5-15-6-8-17-9-7-15)12-11(10-18-13)2-1-4-14-12/h1-5,16H,6-10H2/b5-3+. The highest BCUT2D eigenvalue weighted by Crippen LogP contribution is 2.33. The summed E-state index contributed by atoms with van der Waals surface area (Å²) in [4.78, 5) is 6.31. The molecule has 0 spiro atoms. The largest absolute Gasteiger partial charge is 0.378 e. The first kappa shape index (κ1) is 11.6. The molecular weight excluding hydrogens is 232 g/mol. The summed E-state index contributed by atoms with van der Waals surface area (Å²) in [7, 11) is 0. The molecule has 18 heavy (non-hydrogen) atoms. The number of hydrogen-bond acceptors (Lipinski definition) is 5. The third-order valence-electron chi connectivity index (χ3n) is 3.24. The second-order valence-electron chi connectivity index (χ2n) is 4.46. The van der Waals surface area contributed by atoms with Gasteiger partial charge in [-0.1, -0.05) is 6.07 Å². The zero-order valence-electron chi connectivity index (χ0n) is 10.1. The molecule has 5 heteroatoms. The number of fused-ring (bicyclic) bond motifs is 1. The van der Waals surface area contributed by atoms with Gasteiger partial charge in [-0.2, -0.15) is 0 Å². The molecule has 2 aliphatic heterocycles. The first-order valence-electron chi connectivity index (χ1n) is 6.10. The highest BCUT2D eigenvalue weighted by atomic mass is 16.6. The van der Waals surface area contributed by atoms with Gasteiger partial charge in [0, 0.05) is 31.0 Å². The SMILES string of the molecule is OC1(/C=C/N2CCOCC2)OCc2cccnc21. The quantitative estimate of drug-likeness (QED) is 0.830. The van der Waals surface area contributed by atoms with E-state index >= 15 is 0 Å². The monoisotopic (exact) mass is 248 g/mol. The molecular formula is C13H16N2O3. The lowest BCUT2D eigenvalue weighted by molar-refractivity contribution is -0.167. The van der Waals surface area contributed by atoms with E-state index in [9.17, 15) is 5.11 Å². The van der Waals surface area contributed by atoms with Crippen LogP contribution in [-0.2, 0) is 21.9 Å². The van der Waals surface area contributed by atoms with E-state index in [4.69, 9.17) is 9.47 Å². The Hall–Kier alpha value is -1.43. The third kappa shape index (κ3) is 2.12. The maximum absolute atomic E-state index is 10.4. The highest BCUT2D eigenvalue weighted by Gasteiger charge is 2.37. The Bertz CT molecular complexity index is 457. The maximum Gasteiger partial charge on any atom is 0.232 e. The van der Waals surface area contributed by atoms with Crippen molar-refractivity contribution in [2.75, 3.05) is 26.3 Å². The van der Waals surface area contributed by atoms with Gasteiger partial charge in [-0.15, -0.1) is 0 Å². The molecule has 1 saturated heterocycles. The van der Waals surface area contributed by atoms with Crippen molar-refractivity contribution in [2.45, 2.75) is 12.4 Å². The van der Waals surface area contributed by atoms with Crippen molar-refractivity contribution in [3.63, 3.8) is 0 Å². The Morgan fingerprint density at radius 3 is 3.06 bits per heavy atom. The summed E-state index contributed by atoms with van der Waals surface area (Å²) in [5.41, 5.74) is 1.53. The van der Waals surface area contributed by atoms with E-state index in [1.54, 1.807) is 12.3 Å². The molecule has 3 rings (SSSR count). The molecule has 0 radical (unpaired) electrons. The second-order valence-corrected chi connectivity index (χ2v) is 4.46. The van der Waals surface area contributed by atoms with Crippen LogP contribution >= 0.6 is 0 Å². The number of nitrogens with zero attached hydrogens (tertiary/aromatic N) is 2. The van der Waals surface area contributed by atoms with Crippen LogP contribution in [0.3, 0.4) is 0 Å². The summed E-state index contributed by atoms with van der Waals surface area (Å²) in [5.74, 6) is -1.39. The average Bonchev–Trinajstić information content (AvgIpc) is 2.77. The molecule has 2 aliphatic rings. The van der Waals surface area contributed by atoms with Crippen LogP contribution in [-0.4, -0.2) is 41.3 Å². The highest BCUT2D eigenvalue weighted by molar-refractivity contribution is 5.30. The topological polar surface area (TPSA) is 54.8 Å². The Labute approximate surface area is 106 Å². The van der Waals surface area contributed by atoms with Crippen LogP contribution in [0.25, 0.3) is 0 Å². The molecule has 1 aromatic rings. The van der Waals surface area contributed by atoms with Crippen LogP contribution in [0.5, 0.6) is 0 Å². The minimum atomic E-state index is -1.39. The number of morpholine rings is 1. The van der Waals surface area contributed by atoms with Gasteiger partial charge < -0.3 is 19.5 Å². The summed E-state index contributed by atoms with van der Waals surface area (Å²) in [6, 6.07) is 3.77. The molecule has 1 unspecified atom stereocenters. The fourth-order valence-electron chi connectivity index (χ4n) is 2.19. The van der Waals surface area contributed by atoms with Crippen molar-refractivity contribution in [2.24, 2.45) is 0 Å². The summed E-state index contributed by atoms with van der Waals surface area (Å²) >= 11 is 0. The van der Waals surface area contributed by atoms with Gasteiger partial charge >= 0.3 is 0 Å². The maximum atomic E-state index is 10.4. The number of aliphatic hydroxyl groups is 1. The van der Waals surface area contributed by atoms with E-state index in [0.717, 1.165) is 31.9 Å². The molecule has 0 amide bonds. The number of aromatic nitrogens is 1. The average molecular weight is 248 g/mol. The zero-order chi connectivity index (χ0) is 12.4. The van der Waals surface area contributed by atoms with Gasteiger partial charge in [0.2, 0.25) is 5.79 Å². The Balaban J connectivity index is 1.78. The molecule has 0 aromatic carbocycles. The molecule has 1 fully saturated rings. The molecule has 0 aliphatic carbocycles. The minimum absolute atomic E-state index is 0.396. The molecule has 0 saturated carbocycles. The van der Waals surface area contributed by atoms with E-state index in [1.807, 2.05) is 18.3 Å². The van der Waals surface area contributed by atoms with E-state index in [2.05, 4.69) is 9.88 Å². The molecule has 3 heterocycles. The van der Waals surface area contributed by atoms with Crippen LogP contribution in [0.4, 0.5) is 0 Å². The number of hydrogen-bond donors (Lipinski definition) is 1. The Morgan fingerprint density at radius 2 is 2.22 bits per heavy atom. The van der Waals surface area contributed by atoms with Crippen LogP contribution in [0.15, 0.2) is 30.6 Å². The molecule has 5 nitrogen and oxygen atoms in total. The van der Waals surface area contributed by atoms with Crippen molar-refractivity contribution in [1.82, 2.24) is 9.88 Å². The molecule has 96 valence electrons. The Morgan fingerprint density at radius 1 is 1.39 bits per heavy atom. The van der Waals surface area contributed by atoms with Crippen molar-refractivity contribution in [3.8, 4) is 0 Å². The summed E-state index contributed by atoms with van der Waals surface area (Å²) < 4.78 is 10.7. The predicted molar refractivity (Wildman–Crippen MR) is 64.5 cm³/mol. The van der Waals surface area contributed by atoms with E-state index in [-0.39, 0.29) is 0 Å². The summed E-state index contributed by atoms with van der Waals surface area (Å²) in [6.45, 7) is 3.51. The third-order valence-corrected chi connectivity index (χ3v) is 3.24. The normalized spacial score (nSPS) is 27.7. The fraction of sp³-hybridized carbons (Fsp3) is 0.462. The molecule has 0 bridgehead atoms. The summed E-state index contributed by atoms with van der Waals surface area (Å²) in [5, 5.41) is 10.4. The van der Waals surface area contributed by atoms with Gasteiger partial charge in [-0.3, -0.25) is 4.98 Å². The van der Waals surface area contributed by atoms with Crippen molar-refractivity contribution in [1.29, 1.82) is 0 Å². The van der Waals surface area contributed by atoms with Crippen LogP contribution in [0.1, 0.15) is 11.3 Å². The van der Waals surface area contributed by atoms with Gasteiger partial charge in [0.1, 0.15) is 5.69 Å². The lowest BCUT2D eigenvalue weighted by Crippen LogP contribution is -2.33. The van der Waals surface area contributed by atoms with Crippen molar-refractivity contribution in [3.05, 3.63) is 41.9 Å². The lowest BCUT2D eigenvalue weighted by Gasteiger charge is -2.26. The van der Waals surface area contributed by atoms with Crippen LogP contribution in [0.2, 0.25) is 0 Å². The van der Waals surface area contributed by atoms with Crippen LogP contribution in [0, 0.1) is 0 Å². The lowest BCUT2D eigenvalue weighted by atomic mass is 10.1. The van der Waals surface area contributed by atoms with Gasteiger partial charge in [0.05, 0.1) is 19.8 Å².